The van der Waals surface area contributed by atoms with Crippen LogP contribution in [-0.2, 0) is 14.8 Å². The molecular formula is C22H20N4O4S. The molecule has 1 amide bonds. The van der Waals surface area contributed by atoms with Crippen LogP contribution in [0.2, 0.25) is 0 Å². The first-order valence-corrected chi connectivity index (χ1v) is 10.9. The Morgan fingerprint density at radius 1 is 0.968 bits per heavy atom. The molecule has 9 heteroatoms. The summed E-state index contributed by atoms with van der Waals surface area (Å²) in [5.41, 5.74) is 3.23. The Morgan fingerprint density at radius 3 is 2.29 bits per heavy atom. The number of aromatic amines is 1. The third-order valence-corrected chi connectivity index (χ3v) is 5.98. The van der Waals surface area contributed by atoms with Crippen molar-refractivity contribution in [3.05, 3.63) is 66.7 Å². The second-order valence-electron chi connectivity index (χ2n) is 6.86. The van der Waals surface area contributed by atoms with E-state index >= 15 is 0 Å². The average molecular weight is 436 g/mol. The van der Waals surface area contributed by atoms with Crippen molar-refractivity contribution in [1.82, 2.24) is 9.97 Å². The summed E-state index contributed by atoms with van der Waals surface area (Å²) in [7, 11) is -2.18. The van der Waals surface area contributed by atoms with Crippen molar-refractivity contribution >= 4 is 38.3 Å². The van der Waals surface area contributed by atoms with E-state index in [1.807, 2.05) is 24.3 Å². The molecule has 0 aliphatic heterocycles. The molecule has 0 aliphatic rings. The number of carbonyl (C=O) groups excluding carboxylic acids is 1. The first-order valence-electron chi connectivity index (χ1n) is 9.39. The van der Waals surface area contributed by atoms with Crippen LogP contribution in [0.1, 0.15) is 6.92 Å². The Morgan fingerprint density at radius 2 is 1.65 bits per heavy atom. The van der Waals surface area contributed by atoms with Crippen LogP contribution in [0.15, 0.2) is 71.6 Å². The number of fused-ring (bicyclic) bond motifs is 1. The van der Waals surface area contributed by atoms with E-state index in [1.54, 1.807) is 25.3 Å². The molecule has 0 atom stereocenters. The maximum Gasteiger partial charge on any atom is 0.261 e. The Hall–Kier alpha value is -3.85. The largest absolute Gasteiger partial charge is 0.497 e. The Balaban J connectivity index is 1.57. The minimum atomic E-state index is -3.79. The zero-order valence-corrected chi connectivity index (χ0v) is 17.7. The normalized spacial score (nSPS) is 11.3. The molecule has 0 radical (unpaired) electrons. The van der Waals surface area contributed by atoms with Crippen molar-refractivity contribution in [2.45, 2.75) is 11.8 Å². The SMILES string of the molecule is COc1ccc(-c2nc3ccc(NS(=O)(=O)c4ccc(NC(C)=O)cc4)cc3[nH]2)cc1. The predicted molar refractivity (Wildman–Crippen MR) is 120 cm³/mol. The van der Waals surface area contributed by atoms with E-state index < -0.39 is 10.0 Å². The number of hydrogen-bond donors (Lipinski definition) is 3. The van der Waals surface area contributed by atoms with Crippen molar-refractivity contribution in [2.75, 3.05) is 17.1 Å². The number of nitrogens with one attached hydrogen (secondary N) is 3. The summed E-state index contributed by atoms with van der Waals surface area (Å²) in [5.74, 6) is 1.20. The van der Waals surface area contributed by atoms with Gasteiger partial charge in [-0.15, -0.1) is 0 Å². The lowest BCUT2D eigenvalue weighted by atomic mass is 10.2. The molecule has 4 aromatic rings. The van der Waals surface area contributed by atoms with Crippen LogP contribution in [0.3, 0.4) is 0 Å². The summed E-state index contributed by atoms with van der Waals surface area (Å²) in [6, 6.07) is 18.5. The van der Waals surface area contributed by atoms with Gasteiger partial charge in [-0.2, -0.15) is 0 Å². The summed E-state index contributed by atoms with van der Waals surface area (Å²) in [6.45, 7) is 1.39. The smallest absolute Gasteiger partial charge is 0.261 e. The zero-order chi connectivity index (χ0) is 22.0. The van der Waals surface area contributed by atoms with E-state index in [9.17, 15) is 13.2 Å². The molecule has 0 aliphatic carbocycles. The van der Waals surface area contributed by atoms with Gasteiger partial charge in [0, 0.05) is 18.2 Å². The molecule has 0 fully saturated rings. The summed E-state index contributed by atoms with van der Waals surface area (Å²) < 4.78 is 33.2. The molecule has 3 aromatic carbocycles. The van der Waals surface area contributed by atoms with Crippen LogP contribution in [0, 0.1) is 0 Å². The molecule has 158 valence electrons. The highest BCUT2D eigenvalue weighted by Gasteiger charge is 2.15. The molecule has 3 N–H and O–H groups in total. The number of nitrogens with zero attached hydrogens (tertiary/aromatic N) is 1. The number of anilines is 2. The molecule has 0 saturated carbocycles. The molecule has 0 saturated heterocycles. The van der Waals surface area contributed by atoms with Gasteiger partial charge in [-0.25, -0.2) is 13.4 Å². The molecule has 0 bridgehead atoms. The third-order valence-electron chi connectivity index (χ3n) is 4.58. The van der Waals surface area contributed by atoms with E-state index in [2.05, 4.69) is 20.0 Å². The van der Waals surface area contributed by atoms with E-state index in [4.69, 9.17) is 4.74 Å². The van der Waals surface area contributed by atoms with Gasteiger partial charge in [0.1, 0.15) is 11.6 Å². The van der Waals surface area contributed by atoms with Gasteiger partial charge < -0.3 is 15.0 Å². The minimum Gasteiger partial charge on any atom is -0.497 e. The topological polar surface area (TPSA) is 113 Å². The van der Waals surface area contributed by atoms with Crippen molar-refractivity contribution in [2.24, 2.45) is 0 Å². The van der Waals surface area contributed by atoms with Gasteiger partial charge in [-0.1, -0.05) is 0 Å². The molecule has 31 heavy (non-hydrogen) atoms. The second kappa shape index (κ2) is 8.11. The number of imidazole rings is 1. The molecule has 4 rings (SSSR count). The lowest BCUT2D eigenvalue weighted by Crippen LogP contribution is -2.13. The molecule has 0 spiro atoms. The molecular weight excluding hydrogens is 416 g/mol. The molecule has 0 unspecified atom stereocenters. The highest BCUT2D eigenvalue weighted by molar-refractivity contribution is 7.92. The predicted octanol–water partition coefficient (Wildman–Crippen LogP) is 4.00. The van der Waals surface area contributed by atoms with Crippen molar-refractivity contribution in [1.29, 1.82) is 0 Å². The molecule has 1 aromatic heterocycles. The van der Waals surface area contributed by atoms with Crippen molar-refractivity contribution in [3.63, 3.8) is 0 Å². The summed E-state index contributed by atoms with van der Waals surface area (Å²) in [5, 5.41) is 2.60. The van der Waals surface area contributed by atoms with E-state index in [1.165, 1.54) is 31.2 Å². The van der Waals surface area contributed by atoms with Crippen LogP contribution in [0.5, 0.6) is 5.75 Å². The Labute approximate surface area is 179 Å². The van der Waals surface area contributed by atoms with Gasteiger partial charge in [0.05, 0.1) is 28.7 Å². The lowest BCUT2D eigenvalue weighted by Gasteiger charge is -2.09. The van der Waals surface area contributed by atoms with E-state index in [0.717, 1.165) is 11.3 Å². The first-order chi connectivity index (χ1) is 14.8. The van der Waals surface area contributed by atoms with E-state index in [-0.39, 0.29) is 10.8 Å². The summed E-state index contributed by atoms with van der Waals surface area (Å²) >= 11 is 0. The fraction of sp³-hybridized carbons (Fsp3) is 0.0909. The highest BCUT2D eigenvalue weighted by atomic mass is 32.2. The van der Waals surface area contributed by atoms with Crippen LogP contribution in [-0.4, -0.2) is 31.4 Å². The number of benzene rings is 3. The van der Waals surface area contributed by atoms with Gasteiger partial charge >= 0.3 is 0 Å². The zero-order valence-electron chi connectivity index (χ0n) is 16.8. The van der Waals surface area contributed by atoms with Gasteiger partial charge in [-0.3, -0.25) is 9.52 Å². The Kier molecular flexibility index (Phi) is 5.35. The first kappa shape index (κ1) is 20.4. The fourth-order valence-corrected chi connectivity index (χ4v) is 4.14. The van der Waals surface area contributed by atoms with Crippen LogP contribution >= 0.6 is 0 Å². The molecule has 8 nitrogen and oxygen atoms in total. The molecule has 1 heterocycles. The van der Waals surface area contributed by atoms with Gasteiger partial charge in [0.2, 0.25) is 5.91 Å². The quantitative estimate of drug-likeness (QED) is 0.423. The number of aromatic nitrogens is 2. The number of methoxy groups -OCH3 is 1. The van der Waals surface area contributed by atoms with Gasteiger partial charge in [-0.05, 0) is 66.7 Å². The standard InChI is InChI=1S/C22H20N4O4S/c1-14(27)23-16-5-10-19(11-6-16)31(28,29)26-17-7-12-20-21(13-17)25-22(24-20)15-3-8-18(30-2)9-4-15/h3-13,26H,1-2H3,(H,23,27)(H,24,25). The average Bonchev–Trinajstić information content (AvgIpc) is 3.17. The third kappa shape index (κ3) is 4.51. The number of rotatable bonds is 6. The monoisotopic (exact) mass is 436 g/mol. The lowest BCUT2D eigenvalue weighted by molar-refractivity contribution is -0.114. The number of sulfonamides is 1. The van der Waals surface area contributed by atoms with Crippen LogP contribution < -0.4 is 14.8 Å². The summed E-state index contributed by atoms with van der Waals surface area (Å²) in [4.78, 5) is 19.0. The van der Waals surface area contributed by atoms with Crippen molar-refractivity contribution in [3.8, 4) is 17.1 Å². The number of amides is 1. The Bertz CT molecular complexity index is 1340. The number of carbonyl (C=O) groups is 1. The maximum atomic E-state index is 12.7. The van der Waals surface area contributed by atoms with Gasteiger partial charge in [0.15, 0.2) is 0 Å². The summed E-state index contributed by atoms with van der Waals surface area (Å²) in [6.07, 6.45) is 0. The highest BCUT2D eigenvalue weighted by Crippen LogP contribution is 2.26. The second-order valence-corrected chi connectivity index (χ2v) is 8.54. The number of H-pyrrole nitrogens is 1. The fourth-order valence-electron chi connectivity index (χ4n) is 3.09. The minimum absolute atomic E-state index is 0.0882. The van der Waals surface area contributed by atoms with E-state index in [0.29, 0.717) is 28.2 Å². The number of ether oxygens (including phenoxy) is 1. The van der Waals surface area contributed by atoms with Crippen molar-refractivity contribution < 1.29 is 17.9 Å². The van der Waals surface area contributed by atoms with Crippen LogP contribution in [0.25, 0.3) is 22.4 Å². The van der Waals surface area contributed by atoms with Crippen LogP contribution in [0.4, 0.5) is 11.4 Å². The number of hydrogen-bond acceptors (Lipinski definition) is 5. The maximum absolute atomic E-state index is 12.7. The van der Waals surface area contributed by atoms with Gasteiger partial charge in [0.25, 0.3) is 10.0 Å².